The Labute approximate surface area is 59.7 Å². The van der Waals surface area contributed by atoms with Crippen LogP contribution in [-0.4, -0.2) is 15.9 Å². The number of imidazole rings is 1. The Morgan fingerprint density at radius 3 is 3.20 bits per heavy atom. The van der Waals surface area contributed by atoms with Gasteiger partial charge >= 0.3 is 0 Å². The largest absolute Gasteiger partial charge is 0.243 e. The first kappa shape index (κ1) is 6.74. The lowest BCUT2D eigenvalue weighted by atomic mass is 10.5. The predicted molar refractivity (Wildman–Crippen MR) is 41.9 cm³/mol. The molecule has 0 unspecified atom stereocenters. The molecule has 0 aromatic carbocycles. The van der Waals surface area contributed by atoms with E-state index in [1.807, 2.05) is 6.92 Å². The van der Waals surface area contributed by atoms with Crippen molar-refractivity contribution in [2.24, 2.45) is 5.10 Å². The third-order valence-corrected chi connectivity index (χ3v) is 1.10. The Morgan fingerprint density at radius 1 is 1.80 bits per heavy atom. The van der Waals surface area contributed by atoms with Gasteiger partial charge in [0.05, 0.1) is 11.9 Å². The average molecular weight is 135 g/mol. The number of nitrogens with zero attached hydrogens (tertiary/aromatic N) is 3. The minimum absolute atomic E-state index is 0.901. The van der Waals surface area contributed by atoms with Gasteiger partial charge in [0.2, 0.25) is 0 Å². The smallest absolute Gasteiger partial charge is 0.117 e. The van der Waals surface area contributed by atoms with E-state index in [-0.39, 0.29) is 0 Å². The van der Waals surface area contributed by atoms with Crippen LogP contribution in [0.5, 0.6) is 0 Å². The molecule has 0 atom stereocenters. The molecule has 3 heteroatoms. The summed E-state index contributed by atoms with van der Waals surface area (Å²) in [5.74, 6) is 0. The zero-order valence-corrected chi connectivity index (χ0v) is 5.86. The zero-order valence-electron chi connectivity index (χ0n) is 5.86. The van der Waals surface area contributed by atoms with E-state index >= 15 is 0 Å². The molecule has 0 aliphatic rings. The zero-order chi connectivity index (χ0) is 7.40. The van der Waals surface area contributed by atoms with Crippen molar-refractivity contribution in [2.75, 3.05) is 0 Å². The van der Waals surface area contributed by atoms with Gasteiger partial charge in [0.1, 0.15) is 6.33 Å². The maximum Gasteiger partial charge on any atom is 0.117 e. The fourth-order valence-electron chi connectivity index (χ4n) is 0.666. The van der Waals surface area contributed by atoms with Crippen LogP contribution < -0.4 is 0 Å². The van der Waals surface area contributed by atoms with Gasteiger partial charge in [0.25, 0.3) is 0 Å². The van der Waals surface area contributed by atoms with Gasteiger partial charge in [-0.05, 0) is 13.0 Å². The molecule has 1 heterocycles. The molecular weight excluding hydrogens is 126 g/mol. The van der Waals surface area contributed by atoms with E-state index in [1.54, 1.807) is 29.5 Å². The lowest BCUT2D eigenvalue weighted by molar-refractivity contribution is 0.870. The highest BCUT2D eigenvalue weighted by molar-refractivity contribution is 5.53. The van der Waals surface area contributed by atoms with Gasteiger partial charge in [0.15, 0.2) is 0 Å². The highest BCUT2D eigenvalue weighted by Gasteiger charge is 1.91. The van der Waals surface area contributed by atoms with Gasteiger partial charge in [-0.15, -0.1) is 0 Å². The van der Waals surface area contributed by atoms with Gasteiger partial charge in [0, 0.05) is 6.21 Å². The van der Waals surface area contributed by atoms with Crippen molar-refractivity contribution < 1.29 is 0 Å². The third-order valence-electron chi connectivity index (χ3n) is 1.10. The molecule has 0 aliphatic heterocycles. The van der Waals surface area contributed by atoms with Crippen LogP contribution >= 0.6 is 0 Å². The predicted octanol–water partition coefficient (Wildman–Crippen LogP) is 1.38. The Bertz CT molecular complexity index is 247. The van der Waals surface area contributed by atoms with Crippen molar-refractivity contribution in [1.82, 2.24) is 9.66 Å². The standard InChI is InChI=1S/C7H9N3/c1-3-7-5-8-6-10(7)9-4-2/h3-6H,1H2,2H3/b9-4-. The third kappa shape index (κ3) is 1.13. The average Bonchev–Trinajstić information content (AvgIpc) is 2.36. The first-order chi connectivity index (χ1) is 4.88. The molecule has 0 radical (unpaired) electrons. The van der Waals surface area contributed by atoms with E-state index in [9.17, 15) is 0 Å². The van der Waals surface area contributed by atoms with Crippen LogP contribution in [0.2, 0.25) is 0 Å². The van der Waals surface area contributed by atoms with E-state index in [2.05, 4.69) is 16.7 Å². The maximum absolute atomic E-state index is 4.00. The van der Waals surface area contributed by atoms with E-state index < -0.39 is 0 Å². The molecule has 0 N–H and O–H groups in total. The number of aromatic nitrogens is 2. The monoisotopic (exact) mass is 135 g/mol. The second-order valence-corrected chi connectivity index (χ2v) is 1.74. The molecule has 0 saturated heterocycles. The van der Waals surface area contributed by atoms with Gasteiger partial charge < -0.3 is 0 Å². The summed E-state index contributed by atoms with van der Waals surface area (Å²) in [5.41, 5.74) is 0.901. The summed E-state index contributed by atoms with van der Waals surface area (Å²) in [5, 5.41) is 4.00. The van der Waals surface area contributed by atoms with Gasteiger partial charge in [-0.25, -0.2) is 9.66 Å². The topological polar surface area (TPSA) is 30.2 Å². The minimum Gasteiger partial charge on any atom is -0.243 e. The van der Waals surface area contributed by atoms with Crippen LogP contribution in [0.4, 0.5) is 0 Å². The molecule has 52 valence electrons. The van der Waals surface area contributed by atoms with Gasteiger partial charge in [-0.2, -0.15) is 5.10 Å². The molecule has 3 nitrogen and oxygen atoms in total. The molecule has 0 bridgehead atoms. The lowest BCUT2D eigenvalue weighted by Crippen LogP contribution is -1.87. The molecular formula is C7H9N3. The van der Waals surface area contributed by atoms with Crippen molar-refractivity contribution in [1.29, 1.82) is 0 Å². The van der Waals surface area contributed by atoms with Crippen molar-refractivity contribution in [3.63, 3.8) is 0 Å². The van der Waals surface area contributed by atoms with E-state index in [1.165, 1.54) is 0 Å². The highest BCUT2D eigenvalue weighted by atomic mass is 15.4. The highest BCUT2D eigenvalue weighted by Crippen LogP contribution is 1.98. The number of hydrogen-bond acceptors (Lipinski definition) is 2. The second-order valence-electron chi connectivity index (χ2n) is 1.74. The first-order valence-corrected chi connectivity index (χ1v) is 3.02. The number of hydrogen-bond donors (Lipinski definition) is 0. The van der Waals surface area contributed by atoms with E-state index in [0.29, 0.717) is 0 Å². The fraction of sp³-hybridized carbons (Fsp3) is 0.143. The summed E-state index contributed by atoms with van der Waals surface area (Å²) in [6.45, 7) is 5.47. The second kappa shape index (κ2) is 2.96. The van der Waals surface area contributed by atoms with E-state index in [0.717, 1.165) is 5.69 Å². The SMILES string of the molecule is C=Cc1cncn1/N=C\C. The summed E-state index contributed by atoms with van der Waals surface area (Å²) >= 11 is 0. The van der Waals surface area contributed by atoms with Crippen molar-refractivity contribution in [3.05, 3.63) is 24.8 Å². The molecule has 10 heavy (non-hydrogen) atoms. The summed E-state index contributed by atoms with van der Waals surface area (Å²) in [6, 6.07) is 0. The van der Waals surface area contributed by atoms with Crippen LogP contribution in [0.1, 0.15) is 12.6 Å². The maximum atomic E-state index is 4.00. The fourth-order valence-corrected chi connectivity index (χ4v) is 0.666. The molecule has 0 spiro atoms. The van der Waals surface area contributed by atoms with Gasteiger partial charge in [-0.1, -0.05) is 6.58 Å². The Morgan fingerprint density at radius 2 is 2.60 bits per heavy atom. The minimum atomic E-state index is 0.901. The summed E-state index contributed by atoms with van der Waals surface area (Å²) in [4.78, 5) is 3.89. The van der Waals surface area contributed by atoms with Crippen LogP contribution in [0.3, 0.4) is 0 Å². The first-order valence-electron chi connectivity index (χ1n) is 3.02. The molecule has 1 rings (SSSR count). The molecule has 1 aromatic rings. The molecule has 0 amide bonds. The van der Waals surface area contributed by atoms with Crippen molar-refractivity contribution in [2.45, 2.75) is 6.92 Å². The molecule has 0 saturated carbocycles. The van der Waals surface area contributed by atoms with Crippen LogP contribution in [0.15, 0.2) is 24.2 Å². The Hall–Kier alpha value is -1.38. The molecule has 0 fully saturated rings. The van der Waals surface area contributed by atoms with E-state index in [4.69, 9.17) is 0 Å². The Balaban J connectivity index is 3.00. The van der Waals surface area contributed by atoms with Crippen molar-refractivity contribution in [3.8, 4) is 0 Å². The normalized spacial score (nSPS) is 10.5. The molecule has 0 aliphatic carbocycles. The van der Waals surface area contributed by atoms with Crippen molar-refractivity contribution >= 4 is 12.3 Å². The summed E-state index contributed by atoms with van der Waals surface area (Å²) < 4.78 is 1.66. The van der Waals surface area contributed by atoms with Crippen LogP contribution in [0.25, 0.3) is 6.08 Å². The lowest BCUT2D eigenvalue weighted by Gasteiger charge is -1.92. The summed E-state index contributed by atoms with van der Waals surface area (Å²) in [6.07, 6.45) is 6.76. The van der Waals surface area contributed by atoms with Crippen LogP contribution in [-0.2, 0) is 0 Å². The molecule has 1 aromatic heterocycles. The number of rotatable bonds is 2. The quantitative estimate of drug-likeness (QED) is 0.563. The Kier molecular flexibility index (Phi) is 1.99. The van der Waals surface area contributed by atoms with Gasteiger partial charge in [-0.3, -0.25) is 0 Å². The van der Waals surface area contributed by atoms with Crippen LogP contribution in [0, 0.1) is 0 Å². The summed E-state index contributed by atoms with van der Waals surface area (Å²) in [7, 11) is 0.